The molecule has 0 bridgehead atoms. The second kappa shape index (κ2) is 5.34. The van der Waals surface area contributed by atoms with E-state index >= 15 is 0 Å². The molecule has 0 amide bonds. The van der Waals surface area contributed by atoms with Gasteiger partial charge in [0, 0.05) is 44.3 Å². The van der Waals surface area contributed by atoms with E-state index in [-0.39, 0.29) is 0 Å². The lowest BCUT2D eigenvalue weighted by atomic mass is 10.2. The first kappa shape index (κ1) is 14.7. The topological polar surface area (TPSA) is 24.4 Å². The van der Waals surface area contributed by atoms with Crippen LogP contribution in [0.25, 0.3) is 22.6 Å². The van der Waals surface area contributed by atoms with Crippen molar-refractivity contribution in [3.8, 4) is 0 Å². The predicted octanol–water partition coefficient (Wildman–Crippen LogP) is 2.23. The molecule has 0 aliphatic rings. The first-order valence-corrected chi connectivity index (χ1v) is 8.10. The van der Waals surface area contributed by atoms with Crippen molar-refractivity contribution in [2.24, 2.45) is 7.05 Å². The number of hydrogen-bond donors (Lipinski definition) is 0. The summed E-state index contributed by atoms with van der Waals surface area (Å²) >= 11 is 0. The number of pyridine rings is 1. The van der Waals surface area contributed by atoms with Crippen LogP contribution >= 0.6 is 0 Å². The van der Waals surface area contributed by atoms with E-state index in [4.69, 9.17) is 4.98 Å². The highest BCUT2D eigenvalue weighted by Gasteiger charge is 2.17. The first-order chi connectivity index (χ1) is 11.5. The zero-order chi connectivity index (χ0) is 16.8. The number of rotatable bonds is 2. The van der Waals surface area contributed by atoms with Gasteiger partial charge < -0.3 is 9.30 Å². The molecule has 1 aromatic carbocycles. The molecule has 0 unspecified atom stereocenters. The van der Waals surface area contributed by atoms with Crippen LogP contribution in [0.4, 0.5) is 5.69 Å². The minimum Gasteiger partial charge on any atom is -0.378 e. The monoisotopic (exact) mass is 317 g/mol. The number of nitrogens with zero attached hydrogens (tertiary/aromatic N) is 4. The van der Waals surface area contributed by atoms with Crippen LogP contribution in [0.3, 0.4) is 0 Å². The molecule has 0 aliphatic carbocycles. The fourth-order valence-electron chi connectivity index (χ4n) is 3.13. The number of aromatic nitrogens is 3. The average Bonchev–Trinajstić information content (AvgIpc) is 3.10. The summed E-state index contributed by atoms with van der Waals surface area (Å²) in [5.41, 5.74) is 5.77. The SMILES string of the molecule is Cc1nc2c3cc/c(=C/c4ccc(N(C)C)cc4)n3ccc2[n+]1C. The van der Waals surface area contributed by atoms with Crippen molar-refractivity contribution in [3.63, 3.8) is 0 Å². The van der Waals surface area contributed by atoms with Crippen molar-refractivity contribution in [1.29, 1.82) is 0 Å². The molecule has 0 radical (unpaired) electrons. The number of fused-ring (bicyclic) bond motifs is 3. The van der Waals surface area contributed by atoms with E-state index in [1.54, 1.807) is 0 Å². The van der Waals surface area contributed by atoms with Crippen LogP contribution < -0.4 is 14.8 Å². The molecule has 0 saturated carbocycles. The molecule has 0 aliphatic heterocycles. The van der Waals surface area contributed by atoms with Gasteiger partial charge in [-0.15, -0.1) is 0 Å². The van der Waals surface area contributed by atoms with E-state index in [0.717, 1.165) is 22.2 Å². The summed E-state index contributed by atoms with van der Waals surface area (Å²) in [6.45, 7) is 2.04. The summed E-state index contributed by atoms with van der Waals surface area (Å²) in [5, 5.41) is 1.16. The van der Waals surface area contributed by atoms with Crippen molar-refractivity contribution in [2.75, 3.05) is 19.0 Å². The third-order valence-corrected chi connectivity index (χ3v) is 4.66. The molecular weight excluding hydrogens is 296 g/mol. The summed E-state index contributed by atoms with van der Waals surface area (Å²) < 4.78 is 4.33. The summed E-state index contributed by atoms with van der Waals surface area (Å²) in [4.78, 5) is 6.82. The predicted molar refractivity (Wildman–Crippen MR) is 98.2 cm³/mol. The zero-order valence-electron chi connectivity index (χ0n) is 14.5. The van der Waals surface area contributed by atoms with Gasteiger partial charge in [-0.1, -0.05) is 12.1 Å². The molecule has 120 valence electrons. The Morgan fingerprint density at radius 3 is 2.50 bits per heavy atom. The second-order valence-corrected chi connectivity index (χ2v) is 6.41. The zero-order valence-corrected chi connectivity index (χ0v) is 14.5. The van der Waals surface area contributed by atoms with Gasteiger partial charge in [-0.25, -0.2) is 4.57 Å². The Bertz CT molecular complexity index is 1090. The van der Waals surface area contributed by atoms with Gasteiger partial charge >= 0.3 is 0 Å². The standard InChI is InChI=1S/C20H21N4/c1-14-21-20-18(23(14)4)11-12-24-17(9-10-19(20)24)13-15-5-7-16(8-6-15)22(2)3/h5-13H,1-4H3/q+1. The molecule has 0 saturated heterocycles. The van der Waals surface area contributed by atoms with E-state index < -0.39 is 0 Å². The van der Waals surface area contributed by atoms with Crippen LogP contribution in [0.5, 0.6) is 0 Å². The lowest BCUT2D eigenvalue weighted by molar-refractivity contribution is -0.651. The lowest BCUT2D eigenvalue weighted by Crippen LogP contribution is -2.29. The van der Waals surface area contributed by atoms with Crippen LogP contribution in [0.1, 0.15) is 11.4 Å². The van der Waals surface area contributed by atoms with Gasteiger partial charge in [-0.2, -0.15) is 0 Å². The van der Waals surface area contributed by atoms with Gasteiger partial charge in [-0.05, 0) is 40.9 Å². The molecule has 0 fully saturated rings. The second-order valence-electron chi connectivity index (χ2n) is 6.41. The van der Waals surface area contributed by atoms with Crippen molar-refractivity contribution < 1.29 is 4.57 Å². The minimum atomic E-state index is 1.03. The molecule has 3 heterocycles. The molecule has 4 nitrogen and oxygen atoms in total. The molecule has 4 aromatic rings. The molecular formula is C20H21N4+. The van der Waals surface area contributed by atoms with E-state index in [2.05, 4.69) is 89.7 Å². The van der Waals surface area contributed by atoms with Crippen LogP contribution in [0.2, 0.25) is 0 Å². The maximum absolute atomic E-state index is 4.71. The molecule has 0 N–H and O–H groups in total. The molecule has 24 heavy (non-hydrogen) atoms. The van der Waals surface area contributed by atoms with Gasteiger partial charge in [0.2, 0.25) is 5.52 Å². The molecule has 0 spiro atoms. The third-order valence-electron chi connectivity index (χ3n) is 4.66. The minimum absolute atomic E-state index is 1.03. The van der Waals surface area contributed by atoms with E-state index in [0.29, 0.717) is 0 Å². The Balaban J connectivity index is 1.88. The van der Waals surface area contributed by atoms with Crippen molar-refractivity contribution in [1.82, 2.24) is 9.38 Å². The van der Waals surface area contributed by atoms with Crippen LogP contribution in [-0.4, -0.2) is 23.5 Å². The van der Waals surface area contributed by atoms with Gasteiger partial charge in [0.25, 0.3) is 5.82 Å². The lowest BCUT2D eigenvalue weighted by Gasteiger charge is -2.11. The summed E-state index contributed by atoms with van der Waals surface area (Å²) in [6.07, 6.45) is 4.33. The maximum atomic E-state index is 4.71. The number of anilines is 1. The summed E-state index contributed by atoms with van der Waals surface area (Å²) in [7, 11) is 6.17. The Morgan fingerprint density at radius 1 is 1.04 bits per heavy atom. The van der Waals surface area contributed by atoms with Crippen LogP contribution in [-0.2, 0) is 7.05 Å². The van der Waals surface area contributed by atoms with Crippen LogP contribution in [0.15, 0.2) is 48.7 Å². The number of benzene rings is 1. The Morgan fingerprint density at radius 2 is 1.79 bits per heavy atom. The third kappa shape index (κ3) is 2.22. The Hall–Kier alpha value is -2.88. The highest BCUT2D eigenvalue weighted by molar-refractivity contribution is 5.88. The Kier molecular flexibility index (Phi) is 3.27. The number of aryl methyl sites for hydroxylation is 2. The van der Waals surface area contributed by atoms with Gasteiger partial charge in [0.1, 0.15) is 5.52 Å². The largest absolute Gasteiger partial charge is 0.378 e. The Labute approximate surface area is 141 Å². The molecule has 4 heteroatoms. The number of hydrogen-bond acceptors (Lipinski definition) is 2. The smallest absolute Gasteiger partial charge is 0.296 e. The first-order valence-electron chi connectivity index (χ1n) is 8.10. The molecule has 3 aromatic heterocycles. The van der Waals surface area contributed by atoms with Crippen LogP contribution in [0, 0.1) is 6.92 Å². The van der Waals surface area contributed by atoms with Gasteiger partial charge in [0.05, 0.1) is 7.05 Å². The summed E-state index contributed by atoms with van der Waals surface area (Å²) in [5.74, 6) is 1.03. The summed E-state index contributed by atoms with van der Waals surface area (Å²) in [6, 6.07) is 15.0. The van der Waals surface area contributed by atoms with Crippen molar-refractivity contribution in [2.45, 2.75) is 6.92 Å². The highest BCUT2D eigenvalue weighted by atomic mass is 15.1. The van der Waals surface area contributed by atoms with E-state index in [1.165, 1.54) is 16.8 Å². The fourth-order valence-corrected chi connectivity index (χ4v) is 3.13. The van der Waals surface area contributed by atoms with E-state index in [1.807, 2.05) is 6.92 Å². The average molecular weight is 317 g/mol. The van der Waals surface area contributed by atoms with Crippen molar-refractivity contribution >= 4 is 28.3 Å². The van der Waals surface area contributed by atoms with Gasteiger partial charge in [0.15, 0.2) is 5.52 Å². The normalized spacial score (nSPS) is 12.4. The van der Waals surface area contributed by atoms with Crippen molar-refractivity contribution in [3.05, 3.63) is 65.4 Å². The fraction of sp³-hybridized carbons (Fsp3) is 0.200. The van der Waals surface area contributed by atoms with Gasteiger partial charge in [-0.3, -0.25) is 0 Å². The molecule has 0 atom stereocenters. The highest BCUT2D eigenvalue weighted by Crippen LogP contribution is 2.16. The molecule has 4 rings (SSSR count). The maximum Gasteiger partial charge on any atom is 0.296 e. The van der Waals surface area contributed by atoms with E-state index in [9.17, 15) is 0 Å². The number of imidazole rings is 1. The quantitative estimate of drug-likeness (QED) is 0.530.